The van der Waals surface area contributed by atoms with Gasteiger partial charge in [-0.25, -0.2) is 17.7 Å². The zero-order chi connectivity index (χ0) is 22.9. The van der Waals surface area contributed by atoms with Crippen molar-refractivity contribution >= 4 is 21.6 Å². The molecule has 8 nitrogen and oxygen atoms in total. The fourth-order valence-electron chi connectivity index (χ4n) is 3.73. The molecule has 1 N–H and O–H groups in total. The number of hydrogen-bond donors (Lipinski definition) is 1. The van der Waals surface area contributed by atoms with E-state index >= 15 is 0 Å². The van der Waals surface area contributed by atoms with Gasteiger partial charge in [-0.05, 0) is 43.2 Å². The normalized spacial score (nSPS) is 13.6. The van der Waals surface area contributed by atoms with Crippen LogP contribution in [0, 0.1) is 0 Å². The molecule has 32 heavy (non-hydrogen) atoms. The van der Waals surface area contributed by atoms with Crippen LogP contribution in [0.5, 0.6) is 5.75 Å². The molecule has 1 amide bonds. The van der Waals surface area contributed by atoms with Gasteiger partial charge < -0.3 is 14.6 Å². The molecule has 0 saturated heterocycles. The number of nitrogens with zero attached hydrogens (tertiary/aromatic N) is 3. The quantitative estimate of drug-likeness (QED) is 0.616. The standard InChI is InChI=1S/C23H26N4O4S/c1-26(2)32(29,30)21-14-17(10-11-20(21)31-3)23(28)24-18-8-6-7-16(13-18)19-15-27-12-5-4-9-22(27)25-19/h6-8,10-11,13-15H,4-5,9,12H2,1-3H3,(H,24,28). The maximum atomic E-state index is 12.9. The number of aryl methyl sites for hydroxylation is 2. The number of carbonyl (C=O) groups is 1. The Labute approximate surface area is 187 Å². The number of ether oxygens (including phenoxy) is 1. The Hall–Kier alpha value is -3.17. The van der Waals surface area contributed by atoms with E-state index in [1.807, 2.05) is 18.2 Å². The van der Waals surface area contributed by atoms with Crippen molar-refractivity contribution in [1.29, 1.82) is 0 Å². The summed E-state index contributed by atoms with van der Waals surface area (Å²) in [5.74, 6) is 0.860. The van der Waals surface area contributed by atoms with Gasteiger partial charge in [0.05, 0.1) is 12.8 Å². The highest BCUT2D eigenvalue weighted by Gasteiger charge is 2.24. The van der Waals surface area contributed by atoms with E-state index in [1.54, 1.807) is 6.07 Å². The number of amides is 1. The Morgan fingerprint density at radius 1 is 1.16 bits per heavy atom. The second kappa shape index (κ2) is 8.76. The lowest BCUT2D eigenvalue weighted by atomic mass is 10.1. The molecule has 1 aliphatic rings. The zero-order valence-electron chi connectivity index (χ0n) is 18.3. The van der Waals surface area contributed by atoms with Gasteiger partial charge in [0, 0.05) is 50.1 Å². The summed E-state index contributed by atoms with van der Waals surface area (Å²) >= 11 is 0. The Morgan fingerprint density at radius 3 is 2.69 bits per heavy atom. The number of hydrogen-bond acceptors (Lipinski definition) is 5. The molecule has 0 fully saturated rings. The molecule has 0 aliphatic carbocycles. The molecule has 3 aromatic rings. The van der Waals surface area contributed by atoms with E-state index in [-0.39, 0.29) is 16.2 Å². The molecule has 0 atom stereocenters. The maximum Gasteiger partial charge on any atom is 0.255 e. The third kappa shape index (κ3) is 4.26. The number of fused-ring (bicyclic) bond motifs is 1. The predicted octanol–water partition coefficient (Wildman–Crippen LogP) is 3.40. The van der Waals surface area contributed by atoms with Crippen LogP contribution in [0.15, 0.2) is 53.6 Å². The van der Waals surface area contributed by atoms with E-state index in [0.717, 1.165) is 47.2 Å². The summed E-state index contributed by atoms with van der Waals surface area (Å²) < 4.78 is 33.7. The van der Waals surface area contributed by atoms with Gasteiger partial charge in [0.1, 0.15) is 16.5 Å². The SMILES string of the molecule is COc1ccc(C(=O)Nc2cccc(-c3cn4c(n3)CCCC4)c2)cc1S(=O)(=O)N(C)C. The molecule has 2 heterocycles. The number of rotatable bonds is 6. The number of imidazole rings is 1. The third-order valence-electron chi connectivity index (χ3n) is 5.51. The first kappa shape index (κ1) is 22.0. The number of carbonyl (C=O) groups excluding carboxylic acids is 1. The minimum Gasteiger partial charge on any atom is -0.495 e. The van der Waals surface area contributed by atoms with Gasteiger partial charge in [-0.2, -0.15) is 0 Å². The Morgan fingerprint density at radius 2 is 1.97 bits per heavy atom. The molecule has 0 spiro atoms. The fourth-order valence-corrected chi connectivity index (χ4v) is 4.80. The highest BCUT2D eigenvalue weighted by atomic mass is 32.2. The van der Waals surface area contributed by atoms with Gasteiger partial charge in [-0.1, -0.05) is 12.1 Å². The van der Waals surface area contributed by atoms with Gasteiger partial charge in [0.25, 0.3) is 5.91 Å². The molecule has 168 valence electrons. The lowest BCUT2D eigenvalue weighted by molar-refractivity contribution is 0.102. The lowest BCUT2D eigenvalue weighted by Gasteiger charge is -2.15. The van der Waals surface area contributed by atoms with Crippen molar-refractivity contribution in [1.82, 2.24) is 13.9 Å². The van der Waals surface area contributed by atoms with E-state index in [9.17, 15) is 13.2 Å². The largest absolute Gasteiger partial charge is 0.495 e. The van der Waals surface area contributed by atoms with Crippen LogP contribution in [0.1, 0.15) is 29.0 Å². The second-order valence-electron chi connectivity index (χ2n) is 7.88. The molecule has 9 heteroatoms. The topological polar surface area (TPSA) is 93.5 Å². The Bertz CT molecular complexity index is 1240. The van der Waals surface area contributed by atoms with Crippen LogP contribution in [0.3, 0.4) is 0 Å². The number of nitrogens with one attached hydrogen (secondary N) is 1. The monoisotopic (exact) mass is 454 g/mol. The van der Waals surface area contributed by atoms with Gasteiger partial charge in [-0.3, -0.25) is 4.79 Å². The molecule has 0 saturated carbocycles. The molecule has 1 aliphatic heterocycles. The highest BCUT2D eigenvalue weighted by molar-refractivity contribution is 7.89. The van der Waals surface area contributed by atoms with E-state index in [4.69, 9.17) is 9.72 Å². The summed E-state index contributed by atoms with van der Waals surface area (Å²) in [5.41, 5.74) is 2.61. The summed E-state index contributed by atoms with van der Waals surface area (Å²) in [6, 6.07) is 11.8. The average molecular weight is 455 g/mol. The minimum atomic E-state index is -3.78. The third-order valence-corrected chi connectivity index (χ3v) is 7.35. The highest BCUT2D eigenvalue weighted by Crippen LogP contribution is 2.28. The molecule has 0 unspecified atom stereocenters. The molecule has 2 aromatic carbocycles. The van der Waals surface area contributed by atoms with Gasteiger partial charge in [-0.15, -0.1) is 0 Å². The Kier molecular flexibility index (Phi) is 6.03. The number of sulfonamides is 1. The van der Waals surface area contributed by atoms with Gasteiger partial charge >= 0.3 is 0 Å². The molecule has 4 rings (SSSR count). The van der Waals surface area contributed by atoms with Gasteiger partial charge in [0.15, 0.2) is 0 Å². The second-order valence-corrected chi connectivity index (χ2v) is 10.0. The molecular formula is C23H26N4O4S. The molecule has 0 radical (unpaired) electrons. The summed E-state index contributed by atoms with van der Waals surface area (Å²) in [4.78, 5) is 17.6. The number of methoxy groups -OCH3 is 1. The molecule has 1 aromatic heterocycles. The van der Waals surface area contributed by atoms with Crippen molar-refractivity contribution in [2.75, 3.05) is 26.5 Å². The molecular weight excluding hydrogens is 428 g/mol. The number of benzene rings is 2. The summed E-state index contributed by atoms with van der Waals surface area (Å²) in [5, 5.41) is 2.85. The van der Waals surface area contributed by atoms with E-state index in [1.165, 1.54) is 39.4 Å². The lowest BCUT2D eigenvalue weighted by Crippen LogP contribution is -2.23. The first-order valence-electron chi connectivity index (χ1n) is 10.4. The number of anilines is 1. The molecule has 0 bridgehead atoms. The van der Waals surface area contributed by atoms with Crippen LogP contribution in [0.2, 0.25) is 0 Å². The van der Waals surface area contributed by atoms with Crippen LogP contribution < -0.4 is 10.1 Å². The minimum absolute atomic E-state index is 0.0602. The summed E-state index contributed by atoms with van der Waals surface area (Å²) in [7, 11) is 0.479. The van der Waals surface area contributed by atoms with Crippen LogP contribution in [-0.4, -0.2) is 49.4 Å². The number of aromatic nitrogens is 2. The fraction of sp³-hybridized carbons (Fsp3) is 0.304. The van der Waals surface area contributed by atoms with Crippen molar-refractivity contribution in [3.8, 4) is 17.0 Å². The van der Waals surface area contributed by atoms with E-state index in [2.05, 4.69) is 16.1 Å². The van der Waals surface area contributed by atoms with Crippen molar-refractivity contribution in [2.45, 2.75) is 30.7 Å². The van der Waals surface area contributed by atoms with Crippen molar-refractivity contribution < 1.29 is 17.9 Å². The van der Waals surface area contributed by atoms with Crippen LogP contribution >= 0.6 is 0 Å². The van der Waals surface area contributed by atoms with Crippen LogP contribution in [-0.2, 0) is 23.0 Å². The van der Waals surface area contributed by atoms with Crippen molar-refractivity contribution in [2.24, 2.45) is 0 Å². The van der Waals surface area contributed by atoms with Crippen molar-refractivity contribution in [3.63, 3.8) is 0 Å². The summed E-state index contributed by atoms with van der Waals surface area (Å²) in [6.45, 7) is 0.981. The van der Waals surface area contributed by atoms with Crippen molar-refractivity contribution in [3.05, 3.63) is 60.0 Å². The van der Waals surface area contributed by atoms with E-state index in [0.29, 0.717) is 5.69 Å². The van der Waals surface area contributed by atoms with Gasteiger partial charge in [0.2, 0.25) is 10.0 Å². The van der Waals surface area contributed by atoms with Crippen LogP contribution in [0.4, 0.5) is 5.69 Å². The maximum absolute atomic E-state index is 12.9. The zero-order valence-corrected chi connectivity index (χ0v) is 19.1. The first-order valence-corrected chi connectivity index (χ1v) is 11.8. The van der Waals surface area contributed by atoms with E-state index < -0.39 is 15.9 Å². The summed E-state index contributed by atoms with van der Waals surface area (Å²) in [6.07, 6.45) is 5.34. The van der Waals surface area contributed by atoms with Crippen LogP contribution in [0.25, 0.3) is 11.3 Å². The predicted molar refractivity (Wildman–Crippen MR) is 122 cm³/mol. The Balaban J connectivity index is 1.60. The smallest absolute Gasteiger partial charge is 0.255 e. The first-order chi connectivity index (χ1) is 15.3. The average Bonchev–Trinajstić information content (AvgIpc) is 3.23.